The molecular weight excluding hydrogens is 290 g/mol. The first-order valence-electron chi connectivity index (χ1n) is 7.18. The second-order valence-corrected chi connectivity index (χ2v) is 6.98. The van der Waals surface area contributed by atoms with Gasteiger partial charge in [-0.05, 0) is 41.5 Å². The van der Waals surface area contributed by atoms with Gasteiger partial charge in [-0.3, -0.25) is 9.59 Å². The summed E-state index contributed by atoms with van der Waals surface area (Å²) in [6.07, 6.45) is -1.21. The fourth-order valence-corrected chi connectivity index (χ4v) is 1.40. The Balaban J connectivity index is 4.74. The highest BCUT2D eigenvalue weighted by molar-refractivity contribution is 5.89. The van der Waals surface area contributed by atoms with Gasteiger partial charge in [0.05, 0.1) is 18.6 Å². The molecule has 0 saturated heterocycles. The average molecular weight is 317 g/mol. The SMILES string of the molecule is CC(C)(C)OCC(NC(=O)OC(C)(C)C)C(=O)CCC(=O)O. The summed E-state index contributed by atoms with van der Waals surface area (Å²) in [6, 6.07) is -0.937. The molecule has 7 nitrogen and oxygen atoms in total. The molecule has 0 fully saturated rings. The molecule has 0 aliphatic carbocycles. The molecule has 0 aromatic rings. The van der Waals surface area contributed by atoms with E-state index in [2.05, 4.69) is 5.32 Å². The highest BCUT2D eigenvalue weighted by atomic mass is 16.6. The molecule has 0 spiro atoms. The lowest BCUT2D eigenvalue weighted by Gasteiger charge is -2.26. The Hall–Kier alpha value is -1.63. The van der Waals surface area contributed by atoms with Crippen LogP contribution in [-0.2, 0) is 19.1 Å². The van der Waals surface area contributed by atoms with Crippen molar-refractivity contribution in [3.05, 3.63) is 0 Å². The number of carboxylic acid groups (broad SMARTS) is 1. The second kappa shape index (κ2) is 8.12. The quantitative estimate of drug-likeness (QED) is 0.746. The summed E-state index contributed by atoms with van der Waals surface area (Å²) in [6.45, 7) is 10.5. The van der Waals surface area contributed by atoms with Crippen LogP contribution in [0, 0.1) is 0 Å². The molecule has 1 atom stereocenters. The molecule has 0 aliphatic heterocycles. The minimum absolute atomic E-state index is 0.0405. The van der Waals surface area contributed by atoms with Crippen LogP contribution in [0.1, 0.15) is 54.4 Å². The molecule has 128 valence electrons. The zero-order chi connectivity index (χ0) is 17.6. The maximum absolute atomic E-state index is 12.1. The molecule has 0 radical (unpaired) electrons. The fraction of sp³-hybridized carbons (Fsp3) is 0.800. The Morgan fingerprint density at radius 2 is 1.55 bits per heavy atom. The molecule has 0 aromatic carbocycles. The molecule has 1 unspecified atom stereocenters. The van der Waals surface area contributed by atoms with Crippen LogP contribution in [0.3, 0.4) is 0 Å². The van der Waals surface area contributed by atoms with Crippen LogP contribution < -0.4 is 5.32 Å². The van der Waals surface area contributed by atoms with Crippen LogP contribution >= 0.6 is 0 Å². The molecule has 2 N–H and O–H groups in total. The predicted molar refractivity (Wildman–Crippen MR) is 80.7 cm³/mol. The van der Waals surface area contributed by atoms with Gasteiger partial charge in [-0.15, -0.1) is 0 Å². The van der Waals surface area contributed by atoms with Crippen LogP contribution in [0.5, 0.6) is 0 Å². The monoisotopic (exact) mass is 317 g/mol. The van der Waals surface area contributed by atoms with Gasteiger partial charge >= 0.3 is 12.1 Å². The topological polar surface area (TPSA) is 102 Å². The molecule has 0 rings (SSSR count). The number of amides is 1. The summed E-state index contributed by atoms with van der Waals surface area (Å²) in [4.78, 5) is 34.4. The van der Waals surface area contributed by atoms with Crippen molar-refractivity contribution in [1.82, 2.24) is 5.32 Å². The van der Waals surface area contributed by atoms with Crippen molar-refractivity contribution in [3.63, 3.8) is 0 Å². The maximum atomic E-state index is 12.1. The van der Waals surface area contributed by atoms with Crippen LogP contribution in [0.4, 0.5) is 4.79 Å². The lowest BCUT2D eigenvalue weighted by atomic mass is 10.1. The van der Waals surface area contributed by atoms with E-state index < -0.39 is 35.1 Å². The molecule has 0 heterocycles. The number of nitrogens with one attached hydrogen (secondary N) is 1. The first kappa shape index (κ1) is 20.4. The van der Waals surface area contributed by atoms with E-state index in [0.29, 0.717) is 0 Å². The fourth-order valence-electron chi connectivity index (χ4n) is 1.40. The first-order valence-corrected chi connectivity index (χ1v) is 7.18. The van der Waals surface area contributed by atoms with E-state index >= 15 is 0 Å². The van der Waals surface area contributed by atoms with Crippen LogP contribution in [0.25, 0.3) is 0 Å². The van der Waals surface area contributed by atoms with Crippen LogP contribution in [0.2, 0.25) is 0 Å². The normalized spacial score (nSPS) is 13.4. The van der Waals surface area contributed by atoms with E-state index in [-0.39, 0.29) is 19.4 Å². The zero-order valence-corrected chi connectivity index (χ0v) is 14.2. The number of aliphatic carboxylic acids is 1. The summed E-state index contributed by atoms with van der Waals surface area (Å²) in [7, 11) is 0. The van der Waals surface area contributed by atoms with E-state index in [1.807, 2.05) is 20.8 Å². The number of hydrogen-bond donors (Lipinski definition) is 2. The van der Waals surface area contributed by atoms with Gasteiger partial charge in [0, 0.05) is 6.42 Å². The van der Waals surface area contributed by atoms with Crippen molar-refractivity contribution in [2.45, 2.75) is 71.6 Å². The van der Waals surface area contributed by atoms with Gasteiger partial charge in [0.1, 0.15) is 11.6 Å². The Labute approximate surface area is 131 Å². The van der Waals surface area contributed by atoms with E-state index in [1.54, 1.807) is 20.8 Å². The van der Waals surface area contributed by atoms with Crippen molar-refractivity contribution in [3.8, 4) is 0 Å². The molecule has 7 heteroatoms. The number of hydrogen-bond acceptors (Lipinski definition) is 5. The van der Waals surface area contributed by atoms with Crippen molar-refractivity contribution in [2.75, 3.05) is 6.61 Å². The van der Waals surface area contributed by atoms with Gasteiger partial charge in [-0.25, -0.2) is 4.79 Å². The van der Waals surface area contributed by atoms with Gasteiger partial charge < -0.3 is 19.9 Å². The van der Waals surface area contributed by atoms with Gasteiger partial charge in [-0.2, -0.15) is 0 Å². The summed E-state index contributed by atoms with van der Waals surface area (Å²) in [5, 5.41) is 11.1. The third kappa shape index (κ3) is 11.1. The van der Waals surface area contributed by atoms with Crippen molar-refractivity contribution in [2.24, 2.45) is 0 Å². The number of ketones is 1. The summed E-state index contributed by atoms with van der Waals surface area (Å²) >= 11 is 0. The number of Topliss-reactive ketones (excluding diaryl/α,β-unsaturated/α-hetero) is 1. The summed E-state index contributed by atoms with van der Waals surface area (Å²) in [5.74, 6) is -1.47. The summed E-state index contributed by atoms with van der Waals surface area (Å²) < 4.78 is 10.6. The minimum Gasteiger partial charge on any atom is -0.481 e. The third-order valence-electron chi connectivity index (χ3n) is 2.35. The average Bonchev–Trinajstić information content (AvgIpc) is 2.27. The Kier molecular flexibility index (Phi) is 7.52. The number of carbonyl (C=O) groups excluding carboxylic acids is 2. The minimum atomic E-state index is -1.07. The van der Waals surface area contributed by atoms with Crippen molar-refractivity contribution in [1.29, 1.82) is 0 Å². The molecule has 0 saturated carbocycles. The largest absolute Gasteiger partial charge is 0.481 e. The van der Waals surface area contributed by atoms with E-state index in [9.17, 15) is 14.4 Å². The molecular formula is C15H27NO6. The predicted octanol–water partition coefficient (Wildman–Crippen LogP) is 2.13. The van der Waals surface area contributed by atoms with Crippen LogP contribution in [-0.4, -0.2) is 46.8 Å². The Morgan fingerprint density at radius 3 is 1.95 bits per heavy atom. The van der Waals surface area contributed by atoms with E-state index in [0.717, 1.165) is 0 Å². The van der Waals surface area contributed by atoms with Gasteiger partial charge in [0.15, 0.2) is 5.78 Å². The maximum Gasteiger partial charge on any atom is 0.408 e. The van der Waals surface area contributed by atoms with Crippen molar-refractivity contribution < 1.29 is 29.0 Å². The lowest BCUT2D eigenvalue weighted by Crippen LogP contribution is -2.47. The summed E-state index contributed by atoms with van der Waals surface area (Å²) in [5.41, 5.74) is -1.18. The van der Waals surface area contributed by atoms with E-state index in [4.69, 9.17) is 14.6 Å². The van der Waals surface area contributed by atoms with E-state index in [1.165, 1.54) is 0 Å². The van der Waals surface area contributed by atoms with Crippen LogP contribution in [0.15, 0.2) is 0 Å². The Morgan fingerprint density at radius 1 is 1.00 bits per heavy atom. The molecule has 0 bridgehead atoms. The molecule has 1 amide bonds. The smallest absolute Gasteiger partial charge is 0.408 e. The number of rotatable bonds is 7. The van der Waals surface area contributed by atoms with Crippen molar-refractivity contribution >= 4 is 17.8 Å². The molecule has 0 aliphatic rings. The highest BCUT2D eigenvalue weighted by Gasteiger charge is 2.26. The van der Waals surface area contributed by atoms with Gasteiger partial charge in [0.25, 0.3) is 0 Å². The molecule has 0 aromatic heterocycles. The molecule has 22 heavy (non-hydrogen) atoms. The first-order chi connectivity index (χ1) is 9.80. The zero-order valence-electron chi connectivity index (χ0n) is 14.2. The van der Waals surface area contributed by atoms with Gasteiger partial charge in [0.2, 0.25) is 0 Å². The van der Waals surface area contributed by atoms with Gasteiger partial charge in [-0.1, -0.05) is 0 Å². The standard InChI is InChI=1S/C15H27NO6/c1-14(2,3)21-9-10(11(17)7-8-12(18)19)16-13(20)22-15(4,5)6/h10H,7-9H2,1-6H3,(H,16,20)(H,18,19). The Bertz CT molecular complexity index is 405. The lowest BCUT2D eigenvalue weighted by molar-refractivity contribution is -0.139. The number of alkyl carbamates (subject to hydrolysis) is 1. The highest BCUT2D eigenvalue weighted by Crippen LogP contribution is 2.10. The number of carbonyl (C=O) groups is 3. The number of carboxylic acids is 1. The second-order valence-electron chi connectivity index (χ2n) is 6.98. The third-order valence-corrected chi connectivity index (χ3v) is 2.35. The number of ether oxygens (including phenoxy) is 2.